The van der Waals surface area contributed by atoms with Crippen molar-refractivity contribution in [3.05, 3.63) is 52.5 Å². The van der Waals surface area contributed by atoms with E-state index in [-0.39, 0.29) is 0 Å². The number of carbonyl (C=O) groups excluding carboxylic acids is 1. The number of halogens is 2. The molecule has 0 amide bonds. The van der Waals surface area contributed by atoms with Crippen LogP contribution in [0.25, 0.3) is 21.5 Å². The Morgan fingerprint density at radius 2 is 1.68 bits per heavy atom. The van der Waals surface area contributed by atoms with Gasteiger partial charge in [-0.1, -0.05) is 47.5 Å². The van der Waals surface area contributed by atoms with E-state index < -0.39 is 0 Å². The van der Waals surface area contributed by atoms with Crippen LogP contribution in [0.4, 0.5) is 0 Å². The molecule has 0 fully saturated rings. The Balaban J connectivity index is 2.58. The minimum Gasteiger partial charge on any atom is -0.427 e. The Morgan fingerprint density at radius 3 is 2.47 bits per heavy atom. The number of fused-ring (bicyclic) bond motifs is 2. The molecule has 0 saturated carbocycles. The normalized spacial score (nSPS) is 10.8. The van der Waals surface area contributed by atoms with E-state index in [9.17, 15) is 4.79 Å². The molecule has 3 aromatic rings. The summed E-state index contributed by atoms with van der Waals surface area (Å²) < 4.78 is 5.14. The average molecular weight is 291 g/mol. The van der Waals surface area contributed by atoms with Crippen LogP contribution in [0.15, 0.2) is 42.5 Å². The molecule has 0 radical (unpaired) electrons. The summed E-state index contributed by atoms with van der Waals surface area (Å²) in [5, 5.41) is 4.33. The third-order valence-electron chi connectivity index (χ3n) is 3.04. The van der Waals surface area contributed by atoms with Crippen LogP contribution in [0.5, 0.6) is 5.75 Å². The monoisotopic (exact) mass is 290 g/mol. The lowest BCUT2D eigenvalue weighted by Crippen LogP contribution is -1.92. The Hall–Kier alpha value is -1.77. The molecule has 0 aromatic heterocycles. The fraction of sp³-hybridized carbons (Fsp3) is 0. The Kier molecular flexibility index (Phi) is 3.05. The molecule has 3 rings (SSSR count). The molecule has 0 unspecified atom stereocenters. The van der Waals surface area contributed by atoms with Crippen molar-refractivity contribution in [2.24, 2.45) is 0 Å². The zero-order valence-corrected chi connectivity index (χ0v) is 11.2. The molecule has 2 nitrogen and oxygen atoms in total. The average Bonchev–Trinajstić information content (AvgIpc) is 2.40. The molecule has 0 aliphatic heterocycles. The number of rotatable bonds is 2. The second-order valence-corrected chi connectivity index (χ2v) is 4.91. The number of ether oxygens (including phenoxy) is 1. The zero-order chi connectivity index (χ0) is 13.4. The lowest BCUT2D eigenvalue weighted by molar-refractivity contribution is -0.120. The van der Waals surface area contributed by atoms with Gasteiger partial charge >= 0.3 is 0 Å². The van der Waals surface area contributed by atoms with Crippen molar-refractivity contribution in [2.75, 3.05) is 0 Å². The largest absolute Gasteiger partial charge is 0.427 e. The molecule has 3 aromatic carbocycles. The van der Waals surface area contributed by atoms with Gasteiger partial charge < -0.3 is 4.74 Å². The molecule has 0 aliphatic rings. The van der Waals surface area contributed by atoms with Gasteiger partial charge in [0.2, 0.25) is 0 Å². The maximum absolute atomic E-state index is 10.8. The highest BCUT2D eigenvalue weighted by Gasteiger charge is 2.13. The van der Waals surface area contributed by atoms with Gasteiger partial charge in [-0.05, 0) is 23.6 Å². The fourth-order valence-corrected chi connectivity index (χ4v) is 2.74. The SMILES string of the molecule is O=COc1c2cccc(Cl)c2cc2cccc(Cl)c12. The Labute approximate surface area is 119 Å². The van der Waals surface area contributed by atoms with E-state index in [0.717, 1.165) is 16.2 Å². The van der Waals surface area contributed by atoms with E-state index in [1.54, 1.807) is 12.1 Å². The highest BCUT2D eigenvalue weighted by Crippen LogP contribution is 2.40. The summed E-state index contributed by atoms with van der Waals surface area (Å²) in [5.74, 6) is 0.440. The minimum atomic E-state index is 0.401. The number of benzene rings is 3. The van der Waals surface area contributed by atoms with Crippen molar-refractivity contribution in [2.45, 2.75) is 0 Å². The molecule has 0 aliphatic carbocycles. The minimum absolute atomic E-state index is 0.401. The van der Waals surface area contributed by atoms with Crippen LogP contribution in [0, 0.1) is 0 Å². The quantitative estimate of drug-likeness (QED) is 0.499. The first-order valence-electron chi connectivity index (χ1n) is 5.62. The molecule has 0 heterocycles. The molecule has 0 saturated heterocycles. The van der Waals surface area contributed by atoms with E-state index in [2.05, 4.69) is 0 Å². The van der Waals surface area contributed by atoms with Crippen molar-refractivity contribution < 1.29 is 9.53 Å². The van der Waals surface area contributed by atoms with Crippen LogP contribution < -0.4 is 4.74 Å². The van der Waals surface area contributed by atoms with Gasteiger partial charge in [0.05, 0.1) is 5.02 Å². The van der Waals surface area contributed by atoms with Gasteiger partial charge in [0.25, 0.3) is 6.47 Å². The van der Waals surface area contributed by atoms with Crippen LogP contribution in [0.1, 0.15) is 0 Å². The number of carbonyl (C=O) groups is 1. The highest BCUT2D eigenvalue weighted by atomic mass is 35.5. The van der Waals surface area contributed by atoms with E-state index in [1.165, 1.54) is 0 Å². The third kappa shape index (κ3) is 1.93. The lowest BCUT2D eigenvalue weighted by Gasteiger charge is -2.11. The summed E-state index contributed by atoms with van der Waals surface area (Å²) >= 11 is 12.4. The van der Waals surface area contributed by atoms with Gasteiger partial charge in [0.1, 0.15) is 5.75 Å². The Bertz CT molecular complexity index is 797. The topological polar surface area (TPSA) is 26.3 Å². The molecule has 0 spiro atoms. The number of hydrogen-bond acceptors (Lipinski definition) is 2. The second-order valence-electron chi connectivity index (χ2n) is 4.09. The molecule has 19 heavy (non-hydrogen) atoms. The molecule has 94 valence electrons. The van der Waals surface area contributed by atoms with Crippen LogP contribution >= 0.6 is 23.2 Å². The van der Waals surface area contributed by atoms with Crippen molar-refractivity contribution in [3.8, 4) is 5.75 Å². The summed E-state index contributed by atoms with van der Waals surface area (Å²) in [4.78, 5) is 10.8. The van der Waals surface area contributed by atoms with E-state index in [4.69, 9.17) is 27.9 Å². The predicted octanol–water partition coefficient (Wildman–Crippen LogP) is 4.84. The van der Waals surface area contributed by atoms with Crippen LogP contribution in [-0.2, 0) is 4.79 Å². The smallest absolute Gasteiger partial charge is 0.298 e. The predicted molar refractivity (Wildman–Crippen MR) is 78.2 cm³/mol. The maximum Gasteiger partial charge on any atom is 0.298 e. The standard InChI is InChI=1S/C15H8Cl2O2/c16-12-5-2-4-10-11(12)7-9-3-1-6-13(17)14(9)15(10)19-8-18/h1-8H. The van der Waals surface area contributed by atoms with Crippen molar-refractivity contribution >= 4 is 51.2 Å². The molecular weight excluding hydrogens is 283 g/mol. The molecule has 0 N–H and O–H groups in total. The summed E-state index contributed by atoms with van der Waals surface area (Å²) in [6, 6.07) is 12.9. The first kappa shape index (κ1) is 12.3. The zero-order valence-electron chi connectivity index (χ0n) is 9.69. The van der Waals surface area contributed by atoms with E-state index in [1.807, 2.05) is 30.3 Å². The molecular formula is C15H8Cl2O2. The van der Waals surface area contributed by atoms with Crippen LogP contribution in [-0.4, -0.2) is 6.47 Å². The molecule has 0 bridgehead atoms. The number of hydrogen-bond donors (Lipinski definition) is 0. The fourth-order valence-electron chi connectivity index (χ4n) is 2.24. The van der Waals surface area contributed by atoms with Gasteiger partial charge in [-0.2, -0.15) is 0 Å². The van der Waals surface area contributed by atoms with Crippen LogP contribution in [0.3, 0.4) is 0 Å². The van der Waals surface area contributed by atoms with Crippen molar-refractivity contribution in [3.63, 3.8) is 0 Å². The first-order valence-corrected chi connectivity index (χ1v) is 6.37. The molecule has 0 atom stereocenters. The van der Waals surface area contributed by atoms with Crippen molar-refractivity contribution in [1.29, 1.82) is 0 Å². The second kappa shape index (κ2) is 4.72. The van der Waals surface area contributed by atoms with Crippen molar-refractivity contribution in [1.82, 2.24) is 0 Å². The first-order chi connectivity index (χ1) is 9.22. The maximum atomic E-state index is 10.8. The van der Waals surface area contributed by atoms with Gasteiger partial charge in [0.15, 0.2) is 0 Å². The van der Waals surface area contributed by atoms with Gasteiger partial charge in [-0.3, -0.25) is 4.79 Å². The summed E-state index contributed by atoms with van der Waals surface area (Å²) in [5.41, 5.74) is 0. The van der Waals surface area contributed by atoms with Gasteiger partial charge in [-0.15, -0.1) is 0 Å². The third-order valence-corrected chi connectivity index (χ3v) is 3.68. The summed E-state index contributed by atoms with van der Waals surface area (Å²) in [7, 11) is 0. The Morgan fingerprint density at radius 1 is 0.947 bits per heavy atom. The van der Waals surface area contributed by atoms with Gasteiger partial charge in [-0.25, -0.2) is 0 Å². The van der Waals surface area contributed by atoms with E-state index >= 15 is 0 Å². The molecule has 4 heteroatoms. The van der Waals surface area contributed by atoms with Gasteiger partial charge in [0, 0.05) is 21.2 Å². The van der Waals surface area contributed by atoms with Crippen LogP contribution in [0.2, 0.25) is 10.0 Å². The lowest BCUT2D eigenvalue weighted by atomic mass is 10.0. The summed E-state index contributed by atoms with van der Waals surface area (Å²) in [6.07, 6.45) is 0. The van der Waals surface area contributed by atoms with E-state index in [0.29, 0.717) is 27.7 Å². The highest BCUT2D eigenvalue weighted by molar-refractivity contribution is 6.39. The summed E-state index contributed by atoms with van der Waals surface area (Å²) in [6.45, 7) is 0.401.